The highest BCUT2D eigenvalue weighted by atomic mass is 32.1. The maximum Gasteiger partial charge on any atom is 0.136 e. The van der Waals surface area contributed by atoms with E-state index < -0.39 is 0 Å². The van der Waals surface area contributed by atoms with Gasteiger partial charge in [0.25, 0.3) is 0 Å². The molecule has 0 fully saturated rings. The standard InChI is InChI=1S/C58H34OS/c1-2-16-35(17-3-1)53-37-18-4-6-20-39(37)54(40-21-7-5-19-38(40)53)36-32-33-45-50(34-36)59-49-29-14-27-47(57(45)49)55-41-22-8-10-24-43(41)56(44-25-11-9-23-42(44)55)48-28-15-31-52-58(48)46-26-12-13-30-51(46)60-52/h1-34H. The lowest BCUT2D eigenvalue weighted by atomic mass is 9.84. The molecule has 0 amide bonds. The summed E-state index contributed by atoms with van der Waals surface area (Å²) in [6, 6.07) is 75.5. The van der Waals surface area contributed by atoms with Crippen molar-refractivity contribution in [3.63, 3.8) is 0 Å². The van der Waals surface area contributed by atoms with Gasteiger partial charge >= 0.3 is 0 Å². The maximum absolute atomic E-state index is 6.89. The second-order valence-electron chi connectivity index (χ2n) is 15.8. The molecule has 2 heteroatoms. The molecule has 0 bridgehead atoms. The Morgan fingerprint density at radius 1 is 0.267 bits per heavy atom. The predicted octanol–water partition coefficient (Wildman–Crippen LogP) is 17.2. The van der Waals surface area contributed by atoms with Crippen molar-refractivity contribution >= 4 is 96.5 Å². The molecule has 0 radical (unpaired) electrons. The first kappa shape index (κ1) is 33.5. The molecule has 2 heterocycles. The van der Waals surface area contributed by atoms with E-state index in [1.807, 2.05) is 11.3 Å². The third-order valence-corrected chi connectivity index (χ3v) is 13.8. The van der Waals surface area contributed by atoms with E-state index in [0.29, 0.717) is 0 Å². The lowest BCUT2D eigenvalue weighted by molar-refractivity contribution is 0.669. The zero-order valence-corrected chi connectivity index (χ0v) is 33.3. The number of hydrogen-bond acceptors (Lipinski definition) is 2. The molecule has 0 N–H and O–H groups in total. The normalized spacial score (nSPS) is 12.0. The number of furan rings is 1. The fourth-order valence-corrected chi connectivity index (χ4v) is 11.4. The topological polar surface area (TPSA) is 13.1 Å². The molecule has 0 atom stereocenters. The largest absolute Gasteiger partial charge is 0.456 e. The van der Waals surface area contributed by atoms with Crippen LogP contribution in [0.4, 0.5) is 0 Å². The summed E-state index contributed by atoms with van der Waals surface area (Å²) in [5.74, 6) is 0. The van der Waals surface area contributed by atoms with Gasteiger partial charge in [-0.25, -0.2) is 0 Å². The Kier molecular flexibility index (Phi) is 7.24. The average molecular weight is 779 g/mol. The van der Waals surface area contributed by atoms with Crippen LogP contribution in [0.25, 0.3) is 130 Å². The van der Waals surface area contributed by atoms with Gasteiger partial charge < -0.3 is 4.42 Å². The fraction of sp³-hybridized carbons (Fsp3) is 0. The summed E-state index contributed by atoms with van der Waals surface area (Å²) in [4.78, 5) is 0. The van der Waals surface area contributed by atoms with Crippen LogP contribution in [0.3, 0.4) is 0 Å². The van der Waals surface area contributed by atoms with E-state index in [2.05, 4.69) is 206 Å². The van der Waals surface area contributed by atoms with E-state index >= 15 is 0 Å². The lowest BCUT2D eigenvalue weighted by Crippen LogP contribution is -1.92. The summed E-state index contributed by atoms with van der Waals surface area (Å²) >= 11 is 1.87. The fourth-order valence-electron chi connectivity index (χ4n) is 10.2. The van der Waals surface area contributed by atoms with Crippen LogP contribution in [0.5, 0.6) is 0 Å². The summed E-state index contributed by atoms with van der Waals surface area (Å²) in [6.07, 6.45) is 0. The maximum atomic E-state index is 6.89. The highest BCUT2D eigenvalue weighted by Gasteiger charge is 2.23. The van der Waals surface area contributed by atoms with Gasteiger partial charge in [-0.15, -0.1) is 11.3 Å². The first-order valence-corrected chi connectivity index (χ1v) is 21.4. The van der Waals surface area contributed by atoms with Gasteiger partial charge in [-0.1, -0.05) is 176 Å². The first-order valence-electron chi connectivity index (χ1n) is 20.6. The molecule has 1 nitrogen and oxygen atoms in total. The summed E-state index contributed by atoms with van der Waals surface area (Å²) in [5, 5.41) is 14.8. The number of benzene rings is 11. The third kappa shape index (κ3) is 4.80. The van der Waals surface area contributed by atoms with Gasteiger partial charge in [-0.2, -0.15) is 0 Å². The van der Waals surface area contributed by atoms with Gasteiger partial charge in [0.1, 0.15) is 11.2 Å². The van der Waals surface area contributed by atoms with Crippen LogP contribution in [-0.2, 0) is 0 Å². The predicted molar refractivity (Wildman–Crippen MR) is 258 cm³/mol. The van der Waals surface area contributed by atoms with Crippen molar-refractivity contribution in [1.82, 2.24) is 0 Å². The molecule has 0 aliphatic heterocycles. The second-order valence-corrected chi connectivity index (χ2v) is 16.9. The molecule has 0 aliphatic rings. The zero-order valence-electron chi connectivity index (χ0n) is 32.4. The van der Waals surface area contributed by atoms with Crippen molar-refractivity contribution in [2.45, 2.75) is 0 Å². The molecular weight excluding hydrogens is 745 g/mol. The molecule has 13 aromatic rings. The van der Waals surface area contributed by atoms with E-state index in [4.69, 9.17) is 4.42 Å². The van der Waals surface area contributed by atoms with Crippen molar-refractivity contribution < 1.29 is 4.42 Å². The Labute approximate surface area is 350 Å². The van der Waals surface area contributed by atoms with Crippen LogP contribution in [0.1, 0.15) is 0 Å². The summed E-state index contributed by atoms with van der Waals surface area (Å²) in [5.41, 5.74) is 11.6. The molecular formula is C58H34OS. The molecule has 60 heavy (non-hydrogen) atoms. The molecule has 0 saturated carbocycles. The van der Waals surface area contributed by atoms with Crippen LogP contribution >= 0.6 is 11.3 Å². The van der Waals surface area contributed by atoms with E-state index in [0.717, 1.165) is 27.5 Å². The van der Waals surface area contributed by atoms with Gasteiger partial charge in [0.05, 0.1) is 0 Å². The van der Waals surface area contributed by atoms with Gasteiger partial charge in [-0.3, -0.25) is 0 Å². The zero-order chi connectivity index (χ0) is 39.3. The molecule has 0 saturated heterocycles. The SMILES string of the molecule is c1ccc(-c2c3ccccc3c(-c3ccc4c(c3)oc3cccc(-c5c6ccccc6c(-c6cccc7sc8ccccc8c67)c6ccccc56)c34)c3ccccc23)cc1. The van der Waals surface area contributed by atoms with Crippen molar-refractivity contribution in [2.24, 2.45) is 0 Å². The van der Waals surface area contributed by atoms with Crippen molar-refractivity contribution in [1.29, 1.82) is 0 Å². The molecule has 0 spiro atoms. The average Bonchev–Trinajstić information content (AvgIpc) is 3.89. The minimum atomic E-state index is 0.886. The molecule has 2 aromatic heterocycles. The molecule has 11 aromatic carbocycles. The molecule has 13 rings (SSSR count). The Morgan fingerprint density at radius 3 is 1.30 bits per heavy atom. The Bertz CT molecular complexity index is 3770. The van der Waals surface area contributed by atoms with Gasteiger partial charge in [-0.05, 0) is 118 Å². The van der Waals surface area contributed by atoms with E-state index in [1.165, 1.54) is 102 Å². The van der Waals surface area contributed by atoms with Crippen LogP contribution in [0.2, 0.25) is 0 Å². The van der Waals surface area contributed by atoms with Gasteiger partial charge in [0.15, 0.2) is 0 Å². The third-order valence-electron chi connectivity index (χ3n) is 12.7. The quantitative estimate of drug-likeness (QED) is 0.162. The van der Waals surface area contributed by atoms with Crippen molar-refractivity contribution in [3.8, 4) is 44.5 Å². The summed E-state index contributed by atoms with van der Waals surface area (Å²) < 4.78 is 9.52. The van der Waals surface area contributed by atoms with Crippen LogP contribution in [0.15, 0.2) is 211 Å². The lowest BCUT2D eigenvalue weighted by Gasteiger charge is -2.19. The van der Waals surface area contributed by atoms with Crippen molar-refractivity contribution in [3.05, 3.63) is 206 Å². The highest BCUT2D eigenvalue weighted by molar-refractivity contribution is 7.26. The molecule has 0 unspecified atom stereocenters. The van der Waals surface area contributed by atoms with E-state index in [1.54, 1.807) is 0 Å². The van der Waals surface area contributed by atoms with Crippen molar-refractivity contribution in [2.75, 3.05) is 0 Å². The van der Waals surface area contributed by atoms with Crippen LogP contribution in [-0.4, -0.2) is 0 Å². The van der Waals surface area contributed by atoms with Crippen LogP contribution < -0.4 is 0 Å². The second kappa shape index (κ2) is 13.0. The molecule has 0 aliphatic carbocycles. The smallest absolute Gasteiger partial charge is 0.136 e. The van der Waals surface area contributed by atoms with Crippen LogP contribution in [0, 0.1) is 0 Å². The van der Waals surface area contributed by atoms with E-state index in [9.17, 15) is 0 Å². The van der Waals surface area contributed by atoms with E-state index in [-0.39, 0.29) is 0 Å². The van der Waals surface area contributed by atoms with Gasteiger partial charge in [0.2, 0.25) is 0 Å². The number of thiophene rings is 1. The monoisotopic (exact) mass is 778 g/mol. The highest BCUT2D eigenvalue weighted by Crippen LogP contribution is 2.50. The Balaban J connectivity index is 1.07. The first-order chi connectivity index (χ1) is 29.8. The Morgan fingerprint density at radius 2 is 0.717 bits per heavy atom. The summed E-state index contributed by atoms with van der Waals surface area (Å²) in [6.45, 7) is 0. The Hall–Kier alpha value is -7.52. The minimum Gasteiger partial charge on any atom is -0.456 e. The number of hydrogen-bond donors (Lipinski definition) is 0. The van der Waals surface area contributed by atoms with Gasteiger partial charge in [0, 0.05) is 30.9 Å². The number of fused-ring (bicyclic) bond motifs is 10. The number of rotatable bonds is 4. The minimum absolute atomic E-state index is 0.886. The molecule has 278 valence electrons. The summed E-state index contributed by atoms with van der Waals surface area (Å²) in [7, 11) is 0.